The van der Waals surface area contributed by atoms with Gasteiger partial charge in [-0.25, -0.2) is 4.39 Å². The number of benzene rings is 1. The lowest BCUT2D eigenvalue weighted by Gasteiger charge is -2.37. The van der Waals surface area contributed by atoms with Gasteiger partial charge in [0.1, 0.15) is 5.82 Å². The molecular formula is C10H11ClFNO. The molecule has 14 heavy (non-hydrogen) atoms. The van der Waals surface area contributed by atoms with Crippen LogP contribution in [0.5, 0.6) is 0 Å². The number of hydrogen-bond donors (Lipinski definition) is 2. The average Bonchev–Trinajstić information content (AvgIpc) is 2.09. The van der Waals surface area contributed by atoms with Gasteiger partial charge < -0.3 is 10.4 Å². The van der Waals surface area contributed by atoms with Crippen LogP contribution in [0.1, 0.15) is 5.56 Å². The molecule has 0 radical (unpaired) electrons. The molecule has 2 N–H and O–H groups in total. The van der Waals surface area contributed by atoms with E-state index in [4.69, 9.17) is 11.6 Å². The van der Waals surface area contributed by atoms with Crippen LogP contribution in [0.15, 0.2) is 18.2 Å². The van der Waals surface area contributed by atoms with E-state index in [1.54, 1.807) is 12.1 Å². The molecule has 4 heteroatoms. The molecule has 2 nitrogen and oxygen atoms in total. The highest BCUT2D eigenvalue weighted by Gasteiger charge is 2.35. The third kappa shape index (κ3) is 1.75. The van der Waals surface area contributed by atoms with Crippen molar-refractivity contribution in [3.05, 3.63) is 34.6 Å². The quantitative estimate of drug-likeness (QED) is 0.781. The van der Waals surface area contributed by atoms with Crippen molar-refractivity contribution in [2.24, 2.45) is 0 Å². The predicted molar refractivity (Wildman–Crippen MR) is 52.9 cm³/mol. The van der Waals surface area contributed by atoms with Crippen LogP contribution >= 0.6 is 11.6 Å². The van der Waals surface area contributed by atoms with Crippen LogP contribution in [0.25, 0.3) is 0 Å². The molecule has 76 valence electrons. The minimum Gasteiger partial charge on any atom is -0.387 e. The Labute approximate surface area is 86.7 Å². The van der Waals surface area contributed by atoms with Crippen molar-refractivity contribution in [3.63, 3.8) is 0 Å². The second kappa shape index (κ2) is 3.50. The molecule has 0 unspecified atom stereocenters. The Morgan fingerprint density at radius 2 is 2.21 bits per heavy atom. The van der Waals surface area contributed by atoms with Gasteiger partial charge in [0.25, 0.3) is 0 Å². The van der Waals surface area contributed by atoms with E-state index in [0.717, 1.165) is 0 Å². The van der Waals surface area contributed by atoms with Gasteiger partial charge >= 0.3 is 0 Å². The fourth-order valence-electron chi connectivity index (χ4n) is 1.57. The Kier molecular flexibility index (Phi) is 2.47. The highest BCUT2D eigenvalue weighted by molar-refractivity contribution is 6.31. The van der Waals surface area contributed by atoms with Crippen molar-refractivity contribution in [1.82, 2.24) is 5.32 Å². The van der Waals surface area contributed by atoms with Crippen molar-refractivity contribution >= 4 is 11.6 Å². The summed E-state index contributed by atoms with van der Waals surface area (Å²) in [6.45, 7) is 0.995. The van der Waals surface area contributed by atoms with Gasteiger partial charge in [-0.1, -0.05) is 17.7 Å². The van der Waals surface area contributed by atoms with Gasteiger partial charge in [-0.15, -0.1) is 0 Å². The first-order valence-electron chi connectivity index (χ1n) is 4.47. The zero-order chi connectivity index (χ0) is 10.2. The minimum atomic E-state index is -0.828. The summed E-state index contributed by atoms with van der Waals surface area (Å²) in [7, 11) is 0. The van der Waals surface area contributed by atoms with Crippen LogP contribution in [0.2, 0.25) is 5.02 Å². The maximum absolute atomic E-state index is 13.3. The second-order valence-electron chi connectivity index (χ2n) is 3.70. The van der Waals surface area contributed by atoms with E-state index < -0.39 is 5.60 Å². The molecule has 0 spiro atoms. The molecule has 1 aromatic carbocycles. The largest absolute Gasteiger partial charge is 0.387 e. The van der Waals surface area contributed by atoms with Crippen molar-refractivity contribution in [1.29, 1.82) is 0 Å². The molecule has 0 saturated carbocycles. The number of halogens is 2. The topological polar surface area (TPSA) is 32.3 Å². The first-order valence-corrected chi connectivity index (χ1v) is 4.84. The summed E-state index contributed by atoms with van der Waals surface area (Å²) >= 11 is 5.85. The summed E-state index contributed by atoms with van der Waals surface area (Å²) in [6, 6.07) is 4.55. The zero-order valence-electron chi connectivity index (χ0n) is 7.56. The van der Waals surface area contributed by atoms with E-state index in [1.165, 1.54) is 6.07 Å². The lowest BCUT2D eigenvalue weighted by molar-refractivity contribution is -0.00966. The second-order valence-corrected chi connectivity index (χ2v) is 4.11. The smallest absolute Gasteiger partial charge is 0.127 e. The van der Waals surface area contributed by atoms with E-state index in [9.17, 15) is 9.50 Å². The Morgan fingerprint density at radius 3 is 2.71 bits per heavy atom. The maximum atomic E-state index is 13.3. The van der Waals surface area contributed by atoms with Gasteiger partial charge in [0, 0.05) is 30.1 Å². The average molecular weight is 216 g/mol. The summed E-state index contributed by atoms with van der Waals surface area (Å²) in [5.74, 6) is -0.349. The maximum Gasteiger partial charge on any atom is 0.127 e. The van der Waals surface area contributed by atoms with Gasteiger partial charge in [-0.3, -0.25) is 0 Å². The highest BCUT2D eigenvalue weighted by Crippen LogP contribution is 2.25. The lowest BCUT2D eigenvalue weighted by atomic mass is 9.89. The summed E-state index contributed by atoms with van der Waals surface area (Å²) in [6.07, 6.45) is 0.269. The molecule has 0 aliphatic carbocycles. The molecular weight excluding hydrogens is 205 g/mol. The van der Waals surface area contributed by atoms with Gasteiger partial charge in [0.15, 0.2) is 0 Å². The van der Waals surface area contributed by atoms with Gasteiger partial charge in [-0.2, -0.15) is 0 Å². The molecule has 1 heterocycles. The molecule has 1 saturated heterocycles. The molecule has 1 aliphatic heterocycles. The first kappa shape index (κ1) is 9.90. The van der Waals surface area contributed by atoms with E-state index in [1.807, 2.05) is 0 Å². The monoisotopic (exact) mass is 215 g/mol. The number of nitrogens with one attached hydrogen (secondary N) is 1. The molecule has 0 bridgehead atoms. The van der Waals surface area contributed by atoms with Crippen LogP contribution in [0, 0.1) is 5.82 Å². The van der Waals surface area contributed by atoms with Crippen LogP contribution in [0.3, 0.4) is 0 Å². The molecule has 1 fully saturated rings. The van der Waals surface area contributed by atoms with Crippen LogP contribution < -0.4 is 5.32 Å². The molecule has 0 aromatic heterocycles. The van der Waals surface area contributed by atoms with Gasteiger partial charge in [0.2, 0.25) is 0 Å². The van der Waals surface area contributed by atoms with Crippen LogP contribution in [-0.2, 0) is 6.42 Å². The Bertz CT molecular complexity index is 332. The number of hydrogen-bond acceptors (Lipinski definition) is 2. The summed E-state index contributed by atoms with van der Waals surface area (Å²) in [5, 5.41) is 13.1. The van der Waals surface area contributed by atoms with Crippen LogP contribution in [-0.4, -0.2) is 23.8 Å². The van der Waals surface area contributed by atoms with Gasteiger partial charge in [0.05, 0.1) is 5.60 Å². The van der Waals surface area contributed by atoms with Crippen molar-refractivity contribution < 1.29 is 9.50 Å². The summed E-state index contributed by atoms with van der Waals surface area (Å²) in [4.78, 5) is 0. The fourth-order valence-corrected chi connectivity index (χ4v) is 1.80. The number of β-amino-alcohol motifs (C(OH)–C–C–N with tert-alkyl or cyclic N) is 1. The first-order chi connectivity index (χ1) is 6.61. The normalized spacial score (nSPS) is 19.1. The Morgan fingerprint density at radius 1 is 1.50 bits per heavy atom. The summed E-state index contributed by atoms with van der Waals surface area (Å²) in [5.41, 5.74) is -0.426. The number of aliphatic hydroxyl groups is 1. The van der Waals surface area contributed by atoms with Crippen LogP contribution in [0.4, 0.5) is 4.39 Å². The summed E-state index contributed by atoms with van der Waals surface area (Å²) < 4.78 is 13.3. The van der Waals surface area contributed by atoms with Crippen molar-refractivity contribution in [3.8, 4) is 0 Å². The van der Waals surface area contributed by atoms with E-state index in [-0.39, 0.29) is 12.2 Å². The Balaban J connectivity index is 2.23. The van der Waals surface area contributed by atoms with Crippen molar-refractivity contribution in [2.45, 2.75) is 12.0 Å². The number of rotatable bonds is 2. The molecule has 2 rings (SSSR count). The highest BCUT2D eigenvalue weighted by atomic mass is 35.5. The molecule has 1 aromatic rings. The third-order valence-corrected chi connectivity index (χ3v) is 2.83. The standard InChI is InChI=1S/C10H11ClFNO/c11-8-2-1-3-9(12)7(8)4-10(14)5-13-6-10/h1-3,13-14H,4-6H2. The molecule has 0 atom stereocenters. The fraction of sp³-hybridized carbons (Fsp3) is 0.400. The lowest BCUT2D eigenvalue weighted by Crippen LogP contribution is -2.60. The predicted octanol–water partition coefficient (Wildman–Crippen LogP) is 1.36. The van der Waals surface area contributed by atoms with E-state index >= 15 is 0 Å². The SMILES string of the molecule is OC1(Cc2c(F)cccc2Cl)CNC1. The van der Waals surface area contributed by atoms with E-state index in [2.05, 4.69) is 5.32 Å². The third-order valence-electron chi connectivity index (χ3n) is 2.48. The van der Waals surface area contributed by atoms with E-state index in [0.29, 0.717) is 23.7 Å². The van der Waals surface area contributed by atoms with Crippen molar-refractivity contribution in [2.75, 3.05) is 13.1 Å². The van der Waals surface area contributed by atoms with Gasteiger partial charge in [-0.05, 0) is 12.1 Å². The minimum absolute atomic E-state index is 0.269. The molecule has 0 amide bonds. The molecule has 1 aliphatic rings. The zero-order valence-corrected chi connectivity index (χ0v) is 8.31. The Hall–Kier alpha value is -0.640.